The van der Waals surface area contributed by atoms with Crippen LogP contribution in [0.3, 0.4) is 0 Å². The Kier molecular flexibility index (Phi) is 6.70. The average molecular weight is 431 g/mol. The van der Waals surface area contributed by atoms with Gasteiger partial charge in [0.25, 0.3) is 11.8 Å². The van der Waals surface area contributed by atoms with Gasteiger partial charge in [0.1, 0.15) is 0 Å². The highest BCUT2D eigenvalue weighted by Crippen LogP contribution is 2.35. The quantitative estimate of drug-likeness (QED) is 0.588. The van der Waals surface area contributed by atoms with Crippen LogP contribution in [0.25, 0.3) is 0 Å². The molecule has 6 heteroatoms. The zero-order valence-electron chi connectivity index (χ0n) is 18.0. The minimum absolute atomic E-state index is 0.0377. The second-order valence-electron chi connectivity index (χ2n) is 7.71. The molecule has 1 N–H and O–H groups in total. The molecule has 1 atom stereocenters. The molecule has 2 amide bonds. The van der Waals surface area contributed by atoms with Gasteiger partial charge in [0.2, 0.25) is 6.79 Å². The molecule has 0 saturated heterocycles. The number of likely N-dealkylation sites (N-methyl/N-ethyl adjacent to an activating group) is 1. The number of hydrogen-bond acceptors (Lipinski definition) is 4. The highest BCUT2D eigenvalue weighted by Gasteiger charge is 2.24. The average Bonchev–Trinajstić information content (AvgIpc) is 3.32. The van der Waals surface area contributed by atoms with E-state index in [1.165, 1.54) is 0 Å². The molecule has 1 aliphatic rings. The normalized spacial score (nSPS) is 12.8. The highest BCUT2D eigenvalue weighted by atomic mass is 16.7. The Balaban J connectivity index is 1.44. The summed E-state index contributed by atoms with van der Waals surface area (Å²) in [6.07, 6.45) is 1.31. The van der Waals surface area contributed by atoms with Crippen molar-refractivity contribution in [1.29, 1.82) is 0 Å². The summed E-state index contributed by atoms with van der Waals surface area (Å²) in [5, 5.41) is 2.97. The topological polar surface area (TPSA) is 67.9 Å². The number of benzene rings is 3. The number of ether oxygens (including phenoxy) is 2. The predicted molar refractivity (Wildman–Crippen MR) is 122 cm³/mol. The first kappa shape index (κ1) is 21.4. The van der Waals surface area contributed by atoms with E-state index in [2.05, 4.69) is 17.4 Å². The highest BCUT2D eigenvalue weighted by molar-refractivity contribution is 5.98. The first-order chi connectivity index (χ1) is 15.6. The molecule has 0 aliphatic carbocycles. The molecule has 0 bridgehead atoms. The van der Waals surface area contributed by atoms with E-state index in [4.69, 9.17) is 9.47 Å². The van der Waals surface area contributed by atoms with Crippen molar-refractivity contribution in [2.45, 2.75) is 18.9 Å². The zero-order valence-corrected chi connectivity index (χ0v) is 18.0. The van der Waals surface area contributed by atoms with E-state index >= 15 is 0 Å². The van der Waals surface area contributed by atoms with Crippen molar-refractivity contribution >= 4 is 11.8 Å². The number of nitrogens with zero attached hydrogens (tertiary/aromatic N) is 1. The molecular formula is C26H26N2O4. The number of hydrogen-bond donors (Lipinski definition) is 1. The molecule has 3 aromatic carbocycles. The third-order valence-electron chi connectivity index (χ3n) is 5.61. The van der Waals surface area contributed by atoms with Gasteiger partial charge in [-0.3, -0.25) is 9.59 Å². The SMILES string of the molecule is CN(C(=O)c1ccccc1)C(CCNC(=O)c1cccc2c1OCO2)Cc1ccccc1. The van der Waals surface area contributed by atoms with Gasteiger partial charge in [0, 0.05) is 25.2 Å². The van der Waals surface area contributed by atoms with Crippen LogP contribution in [0.2, 0.25) is 0 Å². The molecule has 6 nitrogen and oxygen atoms in total. The Bertz CT molecular complexity index is 1070. The number of fused-ring (bicyclic) bond motifs is 1. The number of carbonyl (C=O) groups is 2. The first-order valence-electron chi connectivity index (χ1n) is 10.7. The monoisotopic (exact) mass is 430 g/mol. The fourth-order valence-electron chi connectivity index (χ4n) is 3.83. The van der Waals surface area contributed by atoms with Gasteiger partial charge >= 0.3 is 0 Å². The van der Waals surface area contributed by atoms with Crippen LogP contribution in [0, 0.1) is 0 Å². The van der Waals surface area contributed by atoms with Crippen LogP contribution in [0.5, 0.6) is 11.5 Å². The molecule has 32 heavy (non-hydrogen) atoms. The Hall–Kier alpha value is -3.80. The summed E-state index contributed by atoms with van der Waals surface area (Å²) < 4.78 is 10.8. The van der Waals surface area contributed by atoms with Crippen LogP contribution in [0.1, 0.15) is 32.7 Å². The van der Waals surface area contributed by atoms with Crippen LogP contribution >= 0.6 is 0 Å². The summed E-state index contributed by atoms with van der Waals surface area (Å²) >= 11 is 0. The molecule has 0 saturated carbocycles. The number of amides is 2. The van der Waals surface area contributed by atoms with Gasteiger partial charge < -0.3 is 19.7 Å². The lowest BCUT2D eigenvalue weighted by atomic mass is 10.0. The third-order valence-corrected chi connectivity index (χ3v) is 5.61. The molecule has 164 valence electrons. The van der Waals surface area contributed by atoms with E-state index in [1.54, 1.807) is 23.1 Å². The molecule has 0 aromatic heterocycles. The molecule has 0 fully saturated rings. The van der Waals surface area contributed by atoms with E-state index in [9.17, 15) is 9.59 Å². The van der Waals surface area contributed by atoms with Gasteiger partial charge in [0.05, 0.1) is 5.56 Å². The van der Waals surface area contributed by atoms with E-state index in [0.29, 0.717) is 42.0 Å². The van der Waals surface area contributed by atoms with E-state index in [-0.39, 0.29) is 24.6 Å². The second-order valence-corrected chi connectivity index (χ2v) is 7.71. The Labute approximate surface area is 187 Å². The van der Waals surface area contributed by atoms with Gasteiger partial charge in [0.15, 0.2) is 11.5 Å². The van der Waals surface area contributed by atoms with Gasteiger partial charge in [-0.05, 0) is 42.7 Å². The number of nitrogens with one attached hydrogen (secondary N) is 1. The van der Waals surface area contributed by atoms with Crippen molar-refractivity contribution in [2.75, 3.05) is 20.4 Å². The minimum atomic E-state index is -0.220. The van der Waals surface area contributed by atoms with Gasteiger partial charge in [-0.1, -0.05) is 54.6 Å². The summed E-state index contributed by atoms with van der Waals surface area (Å²) in [6.45, 7) is 0.540. The zero-order chi connectivity index (χ0) is 22.3. The molecule has 1 heterocycles. The maximum Gasteiger partial charge on any atom is 0.255 e. The summed E-state index contributed by atoms with van der Waals surface area (Å²) in [4.78, 5) is 27.5. The van der Waals surface area contributed by atoms with E-state index in [1.807, 2.05) is 55.6 Å². The van der Waals surface area contributed by atoms with Crippen molar-refractivity contribution < 1.29 is 19.1 Å². The van der Waals surface area contributed by atoms with Crippen molar-refractivity contribution in [3.8, 4) is 11.5 Å². The van der Waals surface area contributed by atoms with Gasteiger partial charge in [-0.15, -0.1) is 0 Å². The van der Waals surface area contributed by atoms with Gasteiger partial charge in [-0.2, -0.15) is 0 Å². The van der Waals surface area contributed by atoms with Crippen molar-refractivity contribution in [3.05, 3.63) is 95.6 Å². The number of carbonyl (C=O) groups excluding carboxylic acids is 2. The standard InChI is InChI=1S/C26H26N2O4/c1-28(26(30)20-11-6-3-7-12-20)21(17-19-9-4-2-5-10-19)15-16-27-25(29)22-13-8-14-23-24(22)32-18-31-23/h2-14,21H,15-18H2,1H3,(H,27,29). The molecular weight excluding hydrogens is 404 g/mol. The molecule has 0 spiro atoms. The summed E-state index contributed by atoms with van der Waals surface area (Å²) in [5.41, 5.74) is 2.24. The first-order valence-corrected chi connectivity index (χ1v) is 10.7. The van der Waals surface area contributed by atoms with E-state index < -0.39 is 0 Å². The molecule has 1 aliphatic heterocycles. The Morgan fingerprint density at radius 2 is 1.66 bits per heavy atom. The fourth-order valence-corrected chi connectivity index (χ4v) is 3.83. The second kappa shape index (κ2) is 10.0. The van der Waals surface area contributed by atoms with Crippen molar-refractivity contribution in [2.24, 2.45) is 0 Å². The summed E-state index contributed by atoms with van der Waals surface area (Å²) in [6, 6.07) is 24.5. The maximum atomic E-state index is 13.0. The number of para-hydroxylation sites is 1. The van der Waals surface area contributed by atoms with Crippen LogP contribution in [0.4, 0.5) is 0 Å². The number of rotatable bonds is 8. The largest absolute Gasteiger partial charge is 0.454 e. The van der Waals surface area contributed by atoms with Crippen LogP contribution in [-0.4, -0.2) is 43.1 Å². The molecule has 1 unspecified atom stereocenters. The minimum Gasteiger partial charge on any atom is -0.454 e. The molecule has 3 aromatic rings. The lowest BCUT2D eigenvalue weighted by Crippen LogP contribution is -2.41. The maximum absolute atomic E-state index is 13.0. The lowest BCUT2D eigenvalue weighted by molar-refractivity contribution is 0.0723. The molecule has 0 radical (unpaired) electrons. The smallest absolute Gasteiger partial charge is 0.255 e. The van der Waals surface area contributed by atoms with Crippen molar-refractivity contribution in [1.82, 2.24) is 10.2 Å². The summed E-state index contributed by atoms with van der Waals surface area (Å²) in [5.74, 6) is 0.794. The van der Waals surface area contributed by atoms with Gasteiger partial charge in [-0.25, -0.2) is 0 Å². The molecule has 4 rings (SSSR count). The Morgan fingerprint density at radius 1 is 0.938 bits per heavy atom. The van der Waals surface area contributed by atoms with Crippen LogP contribution < -0.4 is 14.8 Å². The Morgan fingerprint density at radius 3 is 2.41 bits per heavy atom. The van der Waals surface area contributed by atoms with Crippen LogP contribution in [-0.2, 0) is 6.42 Å². The van der Waals surface area contributed by atoms with Crippen molar-refractivity contribution in [3.63, 3.8) is 0 Å². The predicted octanol–water partition coefficient (Wildman–Crippen LogP) is 3.92. The lowest BCUT2D eigenvalue weighted by Gasteiger charge is -2.29. The van der Waals surface area contributed by atoms with Crippen LogP contribution in [0.15, 0.2) is 78.9 Å². The van der Waals surface area contributed by atoms with E-state index in [0.717, 1.165) is 5.56 Å². The fraction of sp³-hybridized carbons (Fsp3) is 0.231. The summed E-state index contributed by atoms with van der Waals surface area (Å²) in [7, 11) is 1.82. The third kappa shape index (κ3) is 4.91.